The first-order valence-corrected chi connectivity index (χ1v) is 6.21. The molecule has 3 rings (SSSR count). The highest BCUT2D eigenvalue weighted by Crippen LogP contribution is 2.18. The second-order valence-electron chi connectivity index (χ2n) is 4.53. The molecule has 0 bridgehead atoms. The molecule has 92 valence electrons. The number of nitrogens with zero attached hydrogens (tertiary/aromatic N) is 1. The number of hydrogen-bond donors (Lipinski definition) is 0. The summed E-state index contributed by atoms with van der Waals surface area (Å²) in [6.07, 6.45) is 1.70. The van der Waals surface area contributed by atoms with Crippen molar-refractivity contribution in [3.63, 3.8) is 0 Å². The van der Waals surface area contributed by atoms with Crippen LogP contribution in [0.1, 0.15) is 21.6 Å². The summed E-state index contributed by atoms with van der Waals surface area (Å²) in [5.74, 6) is 0.0244. The minimum atomic E-state index is 0.0244. The molecule has 1 aromatic heterocycles. The lowest BCUT2D eigenvalue weighted by atomic mass is 9.99. The third-order valence-corrected chi connectivity index (χ3v) is 3.26. The number of ketones is 1. The number of carbonyl (C=O) groups is 1. The van der Waals surface area contributed by atoms with Gasteiger partial charge in [-0.15, -0.1) is 0 Å². The number of aryl methyl sites for hydroxylation is 1. The molecule has 2 heteroatoms. The maximum Gasteiger partial charge on any atom is 0.194 e. The van der Waals surface area contributed by atoms with Gasteiger partial charge in [0.25, 0.3) is 0 Å². The third kappa shape index (κ3) is 2.13. The monoisotopic (exact) mass is 247 g/mol. The Kier molecular flexibility index (Phi) is 2.84. The van der Waals surface area contributed by atoms with Gasteiger partial charge in [0.05, 0.1) is 0 Å². The van der Waals surface area contributed by atoms with E-state index in [1.165, 1.54) is 0 Å². The van der Waals surface area contributed by atoms with Crippen molar-refractivity contribution >= 4 is 16.6 Å². The first kappa shape index (κ1) is 11.6. The van der Waals surface area contributed by atoms with Crippen LogP contribution in [-0.4, -0.2) is 10.8 Å². The van der Waals surface area contributed by atoms with Gasteiger partial charge in [0, 0.05) is 23.0 Å². The molecule has 2 nitrogen and oxygen atoms in total. The summed E-state index contributed by atoms with van der Waals surface area (Å²) < 4.78 is 0. The average Bonchev–Trinajstić information content (AvgIpc) is 2.46. The number of pyridine rings is 1. The Labute approximate surface area is 111 Å². The molecule has 0 saturated heterocycles. The maximum absolute atomic E-state index is 12.5. The zero-order valence-corrected chi connectivity index (χ0v) is 10.6. The van der Waals surface area contributed by atoms with Crippen LogP contribution in [0.3, 0.4) is 0 Å². The molecule has 0 atom stereocenters. The van der Waals surface area contributed by atoms with E-state index in [2.05, 4.69) is 4.98 Å². The van der Waals surface area contributed by atoms with E-state index in [-0.39, 0.29) is 5.78 Å². The van der Waals surface area contributed by atoms with Crippen LogP contribution in [0.2, 0.25) is 0 Å². The standard InChI is InChI=1S/C17H13NO/c1-12-16(7-4-10-18-12)17(19)15-9-8-13-5-2-3-6-14(13)11-15/h2-11H,1H3. The zero-order chi connectivity index (χ0) is 13.2. The highest BCUT2D eigenvalue weighted by Gasteiger charge is 2.12. The number of hydrogen-bond acceptors (Lipinski definition) is 2. The molecule has 2 aromatic carbocycles. The minimum absolute atomic E-state index is 0.0244. The Hall–Kier alpha value is -2.48. The van der Waals surface area contributed by atoms with E-state index < -0.39 is 0 Å². The van der Waals surface area contributed by atoms with Crippen LogP contribution in [0.25, 0.3) is 10.8 Å². The third-order valence-electron chi connectivity index (χ3n) is 3.26. The van der Waals surface area contributed by atoms with E-state index >= 15 is 0 Å². The van der Waals surface area contributed by atoms with Gasteiger partial charge < -0.3 is 0 Å². The Morgan fingerprint density at radius 3 is 2.53 bits per heavy atom. The summed E-state index contributed by atoms with van der Waals surface area (Å²) in [5.41, 5.74) is 2.13. The lowest BCUT2D eigenvalue weighted by Gasteiger charge is -2.05. The zero-order valence-electron chi connectivity index (χ0n) is 10.6. The maximum atomic E-state index is 12.5. The Morgan fingerprint density at radius 1 is 0.947 bits per heavy atom. The number of fused-ring (bicyclic) bond motifs is 1. The molecule has 0 fully saturated rings. The molecule has 19 heavy (non-hydrogen) atoms. The highest BCUT2D eigenvalue weighted by molar-refractivity contribution is 6.11. The molecule has 0 aliphatic rings. The smallest absolute Gasteiger partial charge is 0.194 e. The van der Waals surface area contributed by atoms with E-state index in [4.69, 9.17) is 0 Å². The minimum Gasteiger partial charge on any atom is -0.289 e. The molecular weight excluding hydrogens is 234 g/mol. The summed E-state index contributed by atoms with van der Waals surface area (Å²) in [6.45, 7) is 1.86. The molecule has 0 radical (unpaired) electrons. The normalized spacial score (nSPS) is 10.6. The van der Waals surface area contributed by atoms with Crippen LogP contribution in [0, 0.1) is 6.92 Å². The van der Waals surface area contributed by atoms with E-state index in [1.807, 2.05) is 55.5 Å². The molecule has 0 spiro atoms. The molecule has 0 aliphatic carbocycles. The molecule has 0 N–H and O–H groups in total. The van der Waals surface area contributed by atoms with E-state index in [0.717, 1.165) is 16.5 Å². The van der Waals surface area contributed by atoms with Gasteiger partial charge in [-0.2, -0.15) is 0 Å². The fourth-order valence-corrected chi connectivity index (χ4v) is 2.21. The van der Waals surface area contributed by atoms with Crippen molar-refractivity contribution in [3.05, 3.63) is 77.6 Å². The lowest BCUT2D eigenvalue weighted by Crippen LogP contribution is -2.04. The number of rotatable bonds is 2. The van der Waals surface area contributed by atoms with Crippen LogP contribution < -0.4 is 0 Å². The van der Waals surface area contributed by atoms with Gasteiger partial charge in [-0.05, 0) is 35.9 Å². The van der Waals surface area contributed by atoms with Crippen molar-refractivity contribution in [2.75, 3.05) is 0 Å². The summed E-state index contributed by atoms with van der Waals surface area (Å²) in [7, 11) is 0. The van der Waals surface area contributed by atoms with Crippen molar-refractivity contribution < 1.29 is 4.79 Å². The largest absolute Gasteiger partial charge is 0.289 e. The number of aromatic nitrogens is 1. The van der Waals surface area contributed by atoms with Crippen LogP contribution in [-0.2, 0) is 0 Å². The van der Waals surface area contributed by atoms with E-state index in [9.17, 15) is 4.79 Å². The van der Waals surface area contributed by atoms with Gasteiger partial charge in [-0.1, -0.05) is 36.4 Å². The van der Waals surface area contributed by atoms with Gasteiger partial charge in [-0.3, -0.25) is 9.78 Å². The van der Waals surface area contributed by atoms with Gasteiger partial charge in [0.15, 0.2) is 5.78 Å². The SMILES string of the molecule is Cc1ncccc1C(=O)c1ccc2ccccc2c1. The first-order chi connectivity index (χ1) is 9.25. The van der Waals surface area contributed by atoms with E-state index in [1.54, 1.807) is 12.3 Å². The van der Waals surface area contributed by atoms with Crippen molar-refractivity contribution in [1.82, 2.24) is 4.98 Å². The fraction of sp³-hybridized carbons (Fsp3) is 0.0588. The quantitative estimate of drug-likeness (QED) is 0.645. The van der Waals surface area contributed by atoms with E-state index in [0.29, 0.717) is 11.1 Å². The number of carbonyl (C=O) groups excluding carboxylic acids is 1. The average molecular weight is 247 g/mol. The Bertz CT molecular complexity index is 762. The second kappa shape index (κ2) is 4.65. The molecular formula is C17H13NO. The molecule has 3 aromatic rings. The molecule has 1 heterocycles. The highest BCUT2D eigenvalue weighted by atomic mass is 16.1. The Balaban J connectivity index is 2.09. The molecule has 0 aliphatic heterocycles. The van der Waals surface area contributed by atoms with Gasteiger partial charge >= 0.3 is 0 Å². The van der Waals surface area contributed by atoms with Crippen LogP contribution in [0.15, 0.2) is 60.8 Å². The van der Waals surface area contributed by atoms with Gasteiger partial charge in [0.2, 0.25) is 0 Å². The first-order valence-electron chi connectivity index (χ1n) is 6.21. The summed E-state index contributed by atoms with van der Waals surface area (Å²) in [6, 6.07) is 17.4. The molecule has 0 amide bonds. The van der Waals surface area contributed by atoms with Crippen LogP contribution in [0.4, 0.5) is 0 Å². The van der Waals surface area contributed by atoms with Crippen molar-refractivity contribution in [2.24, 2.45) is 0 Å². The summed E-state index contributed by atoms with van der Waals surface area (Å²) in [4.78, 5) is 16.6. The summed E-state index contributed by atoms with van der Waals surface area (Å²) >= 11 is 0. The lowest BCUT2D eigenvalue weighted by molar-refractivity contribution is 0.103. The predicted octanol–water partition coefficient (Wildman–Crippen LogP) is 3.77. The fourth-order valence-electron chi connectivity index (χ4n) is 2.21. The Morgan fingerprint density at radius 2 is 1.74 bits per heavy atom. The van der Waals surface area contributed by atoms with Crippen molar-refractivity contribution in [2.45, 2.75) is 6.92 Å². The van der Waals surface area contributed by atoms with Gasteiger partial charge in [0.1, 0.15) is 0 Å². The van der Waals surface area contributed by atoms with Gasteiger partial charge in [-0.25, -0.2) is 0 Å². The van der Waals surface area contributed by atoms with Crippen molar-refractivity contribution in [1.29, 1.82) is 0 Å². The number of benzene rings is 2. The van der Waals surface area contributed by atoms with Crippen LogP contribution >= 0.6 is 0 Å². The molecule has 0 saturated carbocycles. The summed E-state index contributed by atoms with van der Waals surface area (Å²) in [5, 5.41) is 2.22. The second-order valence-corrected chi connectivity index (χ2v) is 4.53. The topological polar surface area (TPSA) is 30.0 Å². The van der Waals surface area contributed by atoms with Crippen LogP contribution in [0.5, 0.6) is 0 Å². The van der Waals surface area contributed by atoms with Crippen molar-refractivity contribution in [3.8, 4) is 0 Å². The predicted molar refractivity (Wildman–Crippen MR) is 76.4 cm³/mol. The molecule has 0 unspecified atom stereocenters.